The Balaban J connectivity index is 1.79. The molecule has 0 aliphatic carbocycles. The highest BCUT2D eigenvalue weighted by molar-refractivity contribution is 6.33. The molecule has 2 N–H and O–H groups in total. The normalized spacial score (nSPS) is 19.2. The number of aliphatic hydroxyl groups is 1. The van der Waals surface area contributed by atoms with Gasteiger partial charge in [0.2, 0.25) is 0 Å². The maximum atomic E-state index is 10.2. The Labute approximate surface area is 130 Å². The first-order valence-corrected chi connectivity index (χ1v) is 7.91. The Morgan fingerprint density at radius 1 is 1.25 bits per heavy atom. The van der Waals surface area contributed by atoms with Gasteiger partial charge >= 0.3 is 0 Å². The van der Waals surface area contributed by atoms with Gasteiger partial charge in [-0.3, -0.25) is 4.90 Å². The fourth-order valence-electron chi connectivity index (χ4n) is 2.62. The van der Waals surface area contributed by atoms with Crippen LogP contribution in [-0.2, 0) is 0 Å². The SMILES string of the molecule is CC(CNCC(O)c1cc(Cl)ccc1Cl)N1CCCC1. The number of benzene rings is 1. The van der Waals surface area contributed by atoms with Gasteiger partial charge < -0.3 is 10.4 Å². The van der Waals surface area contributed by atoms with Crippen LogP contribution in [-0.4, -0.2) is 42.2 Å². The average molecular weight is 317 g/mol. The molecule has 1 saturated heterocycles. The molecule has 2 unspecified atom stereocenters. The molecule has 1 aromatic rings. The second kappa shape index (κ2) is 7.62. The van der Waals surface area contributed by atoms with Crippen molar-refractivity contribution in [2.45, 2.75) is 31.9 Å². The van der Waals surface area contributed by atoms with E-state index in [9.17, 15) is 5.11 Å². The molecular formula is C15H22Cl2N2O. The van der Waals surface area contributed by atoms with Crippen LogP contribution in [0.15, 0.2) is 18.2 Å². The maximum Gasteiger partial charge on any atom is 0.0929 e. The van der Waals surface area contributed by atoms with Gasteiger partial charge in [0.1, 0.15) is 0 Å². The molecule has 1 aliphatic heterocycles. The van der Waals surface area contributed by atoms with E-state index in [0.717, 1.165) is 6.54 Å². The molecule has 1 heterocycles. The summed E-state index contributed by atoms with van der Waals surface area (Å²) in [4.78, 5) is 2.48. The third kappa shape index (κ3) is 4.34. The molecule has 1 aromatic carbocycles. The van der Waals surface area contributed by atoms with E-state index in [1.54, 1.807) is 18.2 Å². The lowest BCUT2D eigenvalue weighted by Gasteiger charge is -2.24. The van der Waals surface area contributed by atoms with E-state index >= 15 is 0 Å². The fourth-order valence-corrected chi connectivity index (χ4v) is 3.04. The summed E-state index contributed by atoms with van der Waals surface area (Å²) >= 11 is 12.0. The summed E-state index contributed by atoms with van der Waals surface area (Å²) in [5.41, 5.74) is 0.681. The van der Waals surface area contributed by atoms with Gasteiger partial charge in [-0.05, 0) is 51.1 Å². The number of nitrogens with zero attached hydrogens (tertiary/aromatic N) is 1. The van der Waals surface area contributed by atoms with E-state index in [4.69, 9.17) is 23.2 Å². The van der Waals surface area contributed by atoms with Crippen molar-refractivity contribution in [1.29, 1.82) is 0 Å². The second-order valence-corrected chi connectivity index (χ2v) is 6.28. The summed E-state index contributed by atoms with van der Waals surface area (Å²) in [7, 11) is 0. The summed E-state index contributed by atoms with van der Waals surface area (Å²) in [5.74, 6) is 0. The van der Waals surface area contributed by atoms with Crippen LogP contribution in [0.5, 0.6) is 0 Å². The van der Waals surface area contributed by atoms with Crippen LogP contribution < -0.4 is 5.32 Å². The van der Waals surface area contributed by atoms with Crippen molar-refractivity contribution in [3.05, 3.63) is 33.8 Å². The highest BCUT2D eigenvalue weighted by Crippen LogP contribution is 2.26. The minimum absolute atomic E-state index is 0.484. The summed E-state index contributed by atoms with van der Waals surface area (Å²) < 4.78 is 0. The van der Waals surface area contributed by atoms with Gasteiger partial charge in [-0.2, -0.15) is 0 Å². The van der Waals surface area contributed by atoms with Gasteiger partial charge in [0.15, 0.2) is 0 Å². The molecule has 0 aromatic heterocycles. The maximum absolute atomic E-state index is 10.2. The standard InChI is InChI=1S/C15H22Cl2N2O/c1-11(19-6-2-3-7-19)9-18-10-15(20)13-8-12(16)4-5-14(13)17/h4-5,8,11,15,18,20H,2-3,6-7,9-10H2,1H3. The molecule has 0 radical (unpaired) electrons. The van der Waals surface area contributed by atoms with Crippen molar-refractivity contribution >= 4 is 23.2 Å². The minimum atomic E-state index is -0.632. The summed E-state index contributed by atoms with van der Waals surface area (Å²) in [6.45, 7) is 5.95. The zero-order valence-electron chi connectivity index (χ0n) is 11.8. The van der Waals surface area contributed by atoms with Gasteiger partial charge in [0, 0.05) is 34.7 Å². The van der Waals surface area contributed by atoms with E-state index < -0.39 is 6.10 Å². The van der Waals surface area contributed by atoms with Crippen LogP contribution in [0, 0.1) is 0 Å². The van der Waals surface area contributed by atoms with Gasteiger partial charge in [-0.15, -0.1) is 0 Å². The molecule has 1 fully saturated rings. The van der Waals surface area contributed by atoms with E-state index in [0.29, 0.717) is 28.2 Å². The van der Waals surface area contributed by atoms with Crippen molar-refractivity contribution in [2.24, 2.45) is 0 Å². The molecule has 2 atom stereocenters. The Hall–Kier alpha value is -0.320. The van der Waals surface area contributed by atoms with Crippen molar-refractivity contribution in [1.82, 2.24) is 10.2 Å². The predicted molar refractivity (Wildman–Crippen MR) is 84.6 cm³/mol. The molecular weight excluding hydrogens is 295 g/mol. The minimum Gasteiger partial charge on any atom is -0.387 e. The van der Waals surface area contributed by atoms with E-state index in [1.807, 2.05) is 0 Å². The van der Waals surface area contributed by atoms with Crippen LogP contribution in [0.25, 0.3) is 0 Å². The van der Waals surface area contributed by atoms with E-state index in [1.165, 1.54) is 25.9 Å². The van der Waals surface area contributed by atoms with Gasteiger partial charge in [0.05, 0.1) is 6.10 Å². The molecule has 20 heavy (non-hydrogen) atoms. The highest BCUT2D eigenvalue weighted by atomic mass is 35.5. The fraction of sp³-hybridized carbons (Fsp3) is 0.600. The number of hydrogen-bond acceptors (Lipinski definition) is 3. The predicted octanol–water partition coefficient (Wildman–Crippen LogP) is 3.10. The van der Waals surface area contributed by atoms with Crippen molar-refractivity contribution in [3.8, 4) is 0 Å². The number of halogens is 2. The molecule has 3 nitrogen and oxygen atoms in total. The Bertz CT molecular complexity index is 436. The van der Waals surface area contributed by atoms with Gasteiger partial charge in [-0.1, -0.05) is 23.2 Å². The first-order valence-electron chi connectivity index (χ1n) is 7.15. The van der Waals surface area contributed by atoms with Gasteiger partial charge in [-0.25, -0.2) is 0 Å². The molecule has 2 rings (SSSR count). The van der Waals surface area contributed by atoms with Gasteiger partial charge in [0.25, 0.3) is 0 Å². The molecule has 1 aliphatic rings. The number of likely N-dealkylation sites (tertiary alicyclic amines) is 1. The first-order chi connectivity index (χ1) is 9.58. The highest BCUT2D eigenvalue weighted by Gasteiger charge is 2.18. The smallest absolute Gasteiger partial charge is 0.0929 e. The first kappa shape index (κ1) is 16.1. The number of hydrogen-bond donors (Lipinski definition) is 2. The Kier molecular flexibility index (Phi) is 6.12. The number of rotatable bonds is 6. The molecule has 0 amide bonds. The quantitative estimate of drug-likeness (QED) is 0.846. The Morgan fingerprint density at radius 2 is 1.95 bits per heavy atom. The number of aliphatic hydroxyl groups excluding tert-OH is 1. The van der Waals surface area contributed by atoms with Crippen molar-refractivity contribution in [3.63, 3.8) is 0 Å². The van der Waals surface area contributed by atoms with Crippen LogP contribution in [0.3, 0.4) is 0 Å². The number of nitrogens with one attached hydrogen (secondary N) is 1. The molecule has 0 bridgehead atoms. The lowest BCUT2D eigenvalue weighted by molar-refractivity contribution is 0.168. The third-order valence-electron chi connectivity index (χ3n) is 3.86. The van der Waals surface area contributed by atoms with Crippen LogP contribution in [0.1, 0.15) is 31.4 Å². The van der Waals surface area contributed by atoms with Crippen molar-refractivity contribution in [2.75, 3.05) is 26.2 Å². The summed E-state index contributed by atoms with van der Waals surface area (Å²) in [6.07, 6.45) is 1.96. The summed E-state index contributed by atoms with van der Waals surface area (Å²) in [5, 5.41) is 14.6. The third-order valence-corrected chi connectivity index (χ3v) is 4.44. The molecule has 0 spiro atoms. The van der Waals surface area contributed by atoms with Crippen LogP contribution in [0.4, 0.5) is 0 Å². The average Bonchev–Trinajstić information content (AvgIpc) is 2.95. The molecule has 0 saturated carbocycles. The van der Waals surface area contributed by atoms with Crippen LogP contribution in [0.2, 0.25) is 10.0 Å². The van der Waals surface area contributed by atoms with Crippen LogP contribution >= 0.6 is 23.2 Å². The largest absolute Gasteiger partial charge is 0.387 e. The monoisotopic (exact) mass is 316 g/mol. The molecule has 112 valence electrons. The lowest BCUT2D eigenvalue weighted by Crippen LogP contribution is -2.39. The summed E-state index contributed by atoms with van der Waals surface area (Å²) in [6, 6.07) is 5.66. The molecule has 5 heteroatoms. The van der Waals surface area contributed by atoms with Crippen molar-refractivity contribution < 1.29 is 5.11 Å². The zero-order chi connectivity index (χ0) is 14.5. The van der Waals surface area contributed by atoms with E-state index in [-0.39, 0.29) is 0 Å². The van der Waals surface area contributed by atoms with E-state index in [2.05, 4.69) is 17.1 Å². The zero-order valence-corrected chi connectivity index (χ0v) is 13.3. The lowest BCUT2D eigenvalue weighted by atomic mass is 10.1. The topological polar surface area (TPSA) is 35.5 Å². The Morgan fingerprint density at radius 3 is 2.65 bits per heavy atom. The second-order valence-electron chi connectivity index (χ2n) is 5.43.